The first-order valence-corrected chi connectivity index (χ1v) is 6.35. The van der Waals surface area contributed by atoms with E-state index in [2.05, 4.69) is 4.74 Å². The smallest absolute Gasteiger partial charge is 0.444 e. The number of aldehydes is 1. The van der Waals surface area contributed by atoms with Gasteiger partial charge >= 0.3 is 6.11 Å². The Morgan fingerprint density at radius 3 is 2.57 bits per heavy atom. The molecule has 2 rings (SSSR count). The van der Waals surface area contributed by atoms with Crippen molar-refractivity contribution in [2.45, 2.75) is 11.7 Å². The van der Waals surface area contributed by atoms with Crippen LogP contribution in [0.1, 0.15) is 10.6 Å². The first-order valence-electron chi connectivity index (χ1n) is 5.53. The second-order valence-corrected chi connectivity index (χ2v) is 4.72. The molecule has 8 heteroatoms. The van der Waals surface area contributed by atoms with Gasteiger partial charge in [-0.1, -0.05) is 23.2 Å². The zero-order chi connectivity index (χ0) is 15.6. The lowest BCUT2D eigenvalue weighted by Crippen LogP contribution is -2.32. The van der Waals surface area contributed by atoms with E-state index in [0.29, 0.717) is 6.29 Å². The first-order chi connectivity index (χ1) is 9.83. The molecule has 112 valence electrons. The SMILES string of the molecule is O=Cc1ccc(-c2cc(OC(F)(F)C(F)Cl)ccc2Cl)o1. The van der Waals surface area contributed by atoms with Crippen LogP contribution in [0.2, 0.25) is 5.02 Å². The second kappa shape index (κ2) is 5.99. The first kappa shape index (κ1) is 15.7. The van der Waals surface area contributed by atoms with Crippen molar-refractivity contribution in [2.24, 2.45) is 0 Å². The van der Waals surface area contributed by atoms with Gasteiger partial charge in [0.1, 0.15) is 11.5 Å². The van der Waals surface area contributed by atoms with Gasteiger partial charge in [-0.2, -0.15) is 8.78 Å². The Balaban J connectivity index is 2.35. The molecule has 21 heavy (non-hydrogen) atoms. The van der Waals surface area contributed by atoms with Crippen LogP contribution >= 0.6 is 23.2 Å². The number of hydrogen-bond donors (Lipinski definition) is 0. The molecule has 1 heterocycles. The second-order valence-electron chi connectivity index (χ2n) is 3.93. The van der Waals surface area contributed by atoms with E-state index in [4.69, 9.17) is 27.6 Å². The number of benzene rings is 1. The van der Waals surface area contributed by atoms with E-state index in [-0.39, 0.29) is 27.9 Å². The van der Waals surface area contributed by atoms with Crippen LogP contribution < -0.4 is 4.74 Å². The molecule has 0 aliphatic carbocycles. The predicted octanol–water partition coefficient (Wildman–Crippen LogP) is 4.92. The highest BCUT2D eigenvalue weighted by Crippen LogP contribution is 2.35. The van der Waals surface area contributed by atoms with Gasteiger partial charge in [-0.05, 0) is 30.3 Å². The molecule has 0 saturated carbocycles. The average Bonchev–Trinajstić information content (AvgIpc) is 2.89. The molecule has 0 spiro atoms. The van der Waals surface area contributed by atoms with E-state index in [9.17, 15) is 18.0 Å². The van der Waals surface area contributed by atoms with Gasteiger partial charge in [0.15, 0.2) is 12.0 Å². The van der Waals surface area contributed by atoms with Crippen LogP contribution in [-0.2, 0) is 0 Å². The fourth-order valence-electron chi connectivity index (χ4n) is 1.52. The summed E-state index contributed by atoms with van der Waals surface area (Å²) in [6.07, 6.45) is -3.71. The minimum Gasteiger partial charge on any atom is -0.453 e. The molecule has 0 N–H and O–H groups in total. The summed E-state index contributed by atoms with van der Waals surface area (Å²) in [5.74, 6) is -0.132. The fourth-order valence-corrected chi connectivity index (χ4v) is 1.77. The fraction of sp³-hybridized carbons (Fsp3) is 0.154. The molecule has 0 bridgehead atoms. The molecule has 0 fully saturated rings. The number of furan rings is 1. The number of carbonyl (C=O) groups excluding carboxylic acids is 1. The Hall–Kier alpha value is -1.66. The van der Waals surface area contributed by atoms with Gasteiger partial charge in [0.25, 0.3) is 5.63 Å². The summed E-state index contributed by atoms with van der Waals surface area (Å²) in [4.78, 5) is 10.6. The van der Waals surface area contributed by atoms with E-state index in [1.54, 1.807) is 0 Å². The Bertz CT molecular complexity index is 656. The van der Waals surface area contributed by atoms with Crippen molar-refractivity contribution in [3.05, 3.63) is 41.1 Å². The molecule has 2 aromatic rings. The number of ether oxygens (including phenoxy) is 1. The molecular formula is C13H7Cl2F3O3. The van der Waals surface area contributed by atoms with E-state index >= 15 is 0 Å². The van der Waals surface area contributed by atoms with Crippen LogP contribution in [0.4, 0.5) is 13.2 Å². The summed E-state index contributed by atoms with van der Waals surface area (Å²) in [6.45, 7) is 0. The zero-order valence-corrected chi connectivity index (χ0v) is 11.7. The summed E-state index contributed by atoms with van der Waals surface area (Å²) in [7, 11) is 0. The van der Waals surface area contributed by atoms with Crippen LogP contribution in [0.5, 0.6) is 5.75 Å². The van der Waals surface area contributed by atoms with Crippen molar-refractivity contribution in [2.75, 3.05) is 0 Å². The quantitative estimate of drug-likeness (QED) is 0.573. The summed E-state index contributed by atoms with van der Waals surface area (Å²) >= 11 is 10.6. The average molecular weight is 339 g/mol. The highest BCUT2D eigenvalue weighted by atomic mass is 35.5. The van der Waals surface area contributed by atoms with Gasteiger partial charge in [-0.15, -0.1) is 0 Å². The molecule has 3 nitrogen and oxygen atoms in total. The highest BCUT2D eigenvalue weighted by molar-refractivity contribution is 6.33. The maximum atomic E-state index is 13.1. The van der Waals surface area contributed by atoms with Crippen molar-refractivity contribution < 1.29 is 27.1 Å². The topological polar surface area (TPSA) is 39.4 Å². The van der Waals surface area contributed by atoms with Crippen LogP contribution in [0.15, 0.2) is 34.7 Å². The van der Waals surface area contributed by atoms with Gasteiger partial charge in [-0.3, -0.25) is 4.79 Å². The molecule has 1 atom stereocenters. The number of alkyl halides is 4. The minimum absolute atomic E-state index is 0.0438. The largest absolute Gasteiger partial charge is 0.453 e. The summed E-state index contributed by atoms with van der Waals surface area (Å²) in [5.41, 5.74) is -2.79. The van der Waals surface area contributed by atoms with E-state index in [1.165, 1.54) is 18.2 Å². The number of halogens is 5. The Morgan fingerprint density at radius 1 is 1.29 bits per heavy atom. The molecule has 1 aromatic carbocycles. The van der Waals surface area contributed by atoms with Crippen LogP contribution in [-0.4, -0.2) is 18.0 Å². The maximum absolute atomic E-state index is 13.1. The maximum Gasteiger partial charge on any atom is 0.444 e. The summed E-state index contributed by atoms with van der Waals surface area (Å²) in [6, 6.07) is 6.35. The standard InChI is InChI=1S/C13H7Cl2F3O3/c14-10-3-1-7(21-13(17,18)12(15)16)5-9(10)11-4-2-8(6-19)20-11/h1-6,12H. The van der Waals surface area contributed by atoms with Gasteiger partial charge < -0.3 is 9.15 Å². The van der Waals surface area contributed by atoms with Crippen molar-refractivity contribution in [3.63, 3.8) is 0 Å². The molecule has 0 radical (unpaired) electrons. The third kappa shape index (κ3) is 3.51. The molecular weight excluding hydrogens is 332 g/mol. The molecule has 0 aliphatic rings. The normalized spacial score (nSPS) is 13.0. The number of carbonyl (C=O) groups is 1. The molecule has 0 amide bonds. The van der Waals surface area contributed by atoms with Gasteiger partial charge in [0.2, 0.25) is 0 Å². The van der Waals surface area contributed by atoms with Gasteiger partial charge in [-0.25, -0.2) is 4.39 Å². The third-order valence-electron chi connectivity index (χ3n) is 2.45. The Labute approximate surface area is 127 Å². The van der Waals surface area contributed by atoms with Gasteiger partial charge in [0, 0.05) is 5.56 Å². The van der Waals surface area contributed by atoms with Gasteiger partial charge in [0.05, 0.1) is 5.02 Å². The third-order valence-corrected chi connectivity index (χ3v) is 3.04. The summed E-state index contributed by atoms with van der Waals surface area (Å²) in [5, 5.41) is 0.181. The number of hydrogen-bond acceptors (Lipinski definition) is 3. The highest BCUT2D eigenvalue weighted by Gasteiger charge is 2.42. The predicted molar refractivity (Wildman–Crippen MR) is 70.9 cm³/mol. The molecule has 1 unspecified atom stereocenters. The summed E-state index contributed by atoms with van der Waals surface area (Å²) < 4.78 is 48.1. The van der Waals surface area contributed by atoms with Crippen LogP contribution in [0, 0.1) is 0 Å². The molecule has 1 aromatic heterocycles. The van der Waals surface area contributed by atoms with Crippen molar-refractivity contribution >= 4 is 29.5 Å². The molecule has 0 saturated heterocycles. The zero-order valence-electron chi connectivity index (χ0n) is 10.2. The lowest BCUT2D eigenvalue weighted by Gasteiger charge is -2.18. The minimum atomic E-state index is -4.19. The van der Waals surface area contributed by atoms with E-state index < -0.39 is 11.7 Å². The van der Waals surface area contributed by atoms with E-state index in [1.807, 2.05) is 0 Å². The lowest BCUT2D eigenvalue weighted by molar-refractivity contribution is -0.199. The van der Waals surface area contributed by atoms with E-state index in [0.717, 1.165) is 12.1 Å². The van der Waals surface area contributed by atoms with Crippen molar-refractivity contribution in [1.82, 2.24) is 0 Å². The van der Waals surface area contributed by atoms with Crippen molar-refractivity contribution in [1.29, 1.82) is 0 Å². The number of rotatable bonds is 5. The van der Waals surface area contributed by atoms with Crippen molar-refractivity contribution in [3.8, 4) is 17.1 Å². The Morgan fingerprint density at radius 2 is 2.00 bits per heavy atom. The van der Waals surface area contributed by atoms with Crippen LogP contribution in [0.3, 0.4) is 0 Å². The lowest BCUT2D eigenvalue weighted by atomic mass is 10.1. The molecule has 0 aliphatic heterocycles. The monoisotopic (exact) mass is 338 g/mol. The van der Waals surface area contributed by atoms with Crippen LogP contribution in [0.25, 0.3) is 11.3 Å². The Kier molecular flexibility index (Phi) is 4.49.